The molecule has 0 amide bonds. The summed E-state index contributed by atoms with van der Waals surface area (Å²) in [5.41, 5.74) is 1.67. The van der Waals surface area contributed by atoms with Crippen LogP contribution in [0.15, 0.2) is 71.8 Å². The van der Waals surface area contributed by atoms with Gasteiger partial charge in [-0.3, -0.25) is 9.36 Å². The Labute approximate surface area is 183 Å². The molecule has 1 aliphatic heterocycles. The van der Waals surface area contributed by atoms with Crippen LogP contribution in [0.1, 0.15) is 25.8 Å². The lowest BCUT2D eigenvalue weighted by atomic mass is 10.0. The van der Waals surface area contributed by atoms with Gasteiger partial charge in [0.15, 0.2) is 0 Å². The SMILES string of the molecule is CC(C)CC1CN(c2ccc(-n3ccc(OCc4ccccc4)cc3=O)cn2)CCN1. The van der Waals surface area contributed by atoms with Gasteiger partial charge in [-0.25, -0.2) is 4.98 Å². The van der Waals surface area contributed by atoms with Crippen molar-refractivity contribution >= 4 is 5.82 Å². The van der Waals surface area contributed by atoms with Crippen LogP contribution in [0.2, 0.25) is 0 Å². The molecule has 2 aromatic heterocycles. The minimum atomic E-state index is -0.140. The van der Waals surface area contributed by atoms with E-state index >= 15 is 0 Å². The number of piperazine rings is 1. The minimum absolute atomic E-state index is 0.140. The predicted octanol–water partition coefficient (Wildman–Crippen LogP) is 3.64. The molecule has 1 unspecified atom stereocenters. The van der Waals surface area contributed by atoms with Crippen LogP contribution in [0.3, 0.4) is 0 Å². The Morgan fingerprint density at radius 2 is 2.00 bits per heavy atom. The third-order valence-corrected chi connectivity index (χ3v) is 5.49. The topological polar surface area (TPSA) is 59.4 Å². The summed E-state index contributed by atoms with van der Waals surface area (Å²) in [7, 11) is 0. The average Bonchev–Trinajstić information content (AvgIpc) is 2.78. The van der Waals surface area contributed by atoms with E-state index in [9.17, 15) is 4.79 Å². The van der Waals surface area contributed by atoms with E-state index in [0.29, 0.717) is 24.3 Å². The monoisotopic (exact) mass is 418 g/mol. The lowest BCUT2D eigenvalue weighted by Crippen LogP contribution is -2.51. The highest BCUT2D eigenvalue weighted by Crippen LogP contribution is 2.18. The summed E-state index contributed by atoms with van der Waals surface area (Å²) in [5, 5.41) is 3.59. The van der Waals surface area contributed by atoms with E-state index in [4.69, 9.17) is 4.74 Å². The van der Waals surface area contributed by atoms with Gasteiger partial charge in [0, 0.05) is 37.9 Å². The highest BCUT2D eigenvalue weighted by molar-refractivity contribution is 5.44. The van der Waals surface area contributed by atoms with Crippen molar-refractivity contribution in [1.82, 2.24) is 14.9 Å². The number of rotatable bonds is 7. The van der Waals surface area contributed by atoms with Gasteiger partial charge in [0.05, 0.1) is 11.9 Å². The Morgan fingerprint density at radius 1 is 1.16 bits per heavy atom. The molecule has 1 N–H and O–H groups in total. The molecule has 4 rings (SSSR count). The molecule has 3 heterocycles. The van der Waals surface area contributed by atoms with E-state index in [2.05, 4.69) is 29.0 Å². The summed E-state index contributed by atoms with van der Waals surface area (Å²) in [6, 6.07) is 17.7. The Bertz CT molecular complexity index is 1030. The lowest BCUT2D eigenvalue weighted by Gasteiger charge is -2.35. The maximum atomic E-state index is 12.6. The third kappa shape index (κ3) is 5.52. The van der Waals surface area contributed by atoms with E-state index in [1.807, 2.05) is 48.5 Å². The second-order valence-electron chi connectivity index (χ2n) is 8.45. The molecule has 6 nitrogen and oxygen atoms in total. The van der Waals surface area contributed by atoms with Crippen molar-refractivity contribution in [3.63, 3.8) is 0 Å². The van der Waals surface area contributed by atoms with Crippen LogP contribution in [0.4, 0.5) is 5.82 Å². The van der Waals surface area contributed by atoms with Gasteiger partial charge in [0.2, 0.25) is 0 Å². The number of pyridine rings is 2. The minimum Gasteiger partial charge on any atom is -0.489 e. The molecular formula is C25H30N4O2. The molecule has 31 heavy (non-hydrogen) atoms. The summed E-state index contributed by atoms with van der Waals surface area (Å²) in [4.78, 5) is 19.6. The Kier molecular flexibility index (Phi) is 6.67. The van der Waals surface area contributed by atoms with Crippen molar-refractivity contribution < 1.29 is 4.74 Å². The highest BCUT2D eigenvalue weighted by Gasteiger charge is 2.21. The second kappa shape index (κ2) is 9.79. The molecule has 0 spiro atoms. The van der Waals surface area contributed by atoms with Gasteiger partial charge in [0.25, 0.3) is 5.56 Å². The quantitative estimate of drug-likeness (QED) is 0.635. The fourth-order valence-corrected chi connectivity index (χ4v) is 3.97. The normalized spacial score (nSPS) is 16.5. The van der Waals surface area contributed by atoms with Crippen molar-refractivity contribution in [2.75, 3.05) is 24.5 Å². The van der Waals surface area contributed by atoms with Crippen molar-refractivity contribution in [2.24, 2.45) is 5.92 Å². The molecule has 6 heteroatoms. The second-order valence-corrected chi connectivity index (χ2v) is 8.45. The number of hydrogen-bond donors (Lipinski definition) is 1. The maximum Gasteiger partial charge on any atom is 0.258 e. The van der Waals surface area contributed by atoms with Crippen molar-refractivity contribution in [3.8, 4) is 11.4 Å². The number of hydrogen-bond acceptors (Lipinski definition) is 5. The molecule has 0 aliphatic carbocycles. The van der Waals surface area contributed by atoms with Crippen LogP contribution >= 0.6 is 0 Å². The van der Waals surface area contributed by atoms with Crippen LogP contribution in [0.25, 0.3) is 5.69 Å². The van der Waals surface area contributed by atoms with Crippen LogP contribution < -0.4 is 20.5 Å². The van der Waals surface area contributed by atoms with Crippen LogP contribution in [0.5, 0.6) is 5.75 Å². The van der Waals surface area contributed by atoms with E-state index < -0.39 is 0 Å². The number of ether oxygens (including phenoxy) is 1. The molecule has 3 aromatic rings. The lowest BCUT2D eigenvalue weighted by molar-refractivity contribution is 0.305. The van der Waals surface area contributed by atoms with E-state index in [1.54, 1.807) is 17.0 Å². The molecule has 162 valence electrons. The number of aromatic nitrogens is 2. The first-order chi connectivity index (χ1) is 15.1. The number of nitrogens with one attached hydrogen (secondary N) is 1. The zero-order valence-corrected chi connectivity index (χ0v) is 18.2. The highest BCUT2D eigenvalue weighted by atomic mass is 16.5. The molecule has 1 fully saturated rings. The molecule has 1 saturated heterocycles. The Morgan fingerprint density at radius 3 is 2.71 bits per heavy atom. The zero-order valence-electron chi connectivity index (χ0n) is 18.2. The Hall–Kier alpha value is -3.12. The van der Waals surface area contributed by atoms with Gasteiger partial charge < -0.3 is 15.0 Å². The average molecular weight is 419 g/mol. The number of benzene rings is 1. The van der Waals surface area contributed by atoms with Crippen LogP contribution in [0, 0.1) is 5.92 Å². The van der Waals surface area contributed by atoms with Gasteiger partial charge >= 0.3 is 0 Å². The van der Waals surface area contributed by atoms with Gasteiger partial charge in [-0.15, -0.1) is 0 Å². The van der Waals surface area contributed by atoms with E-state index in [-0.39, 0.29) is 5.56 Å². The smallest absolute Gasteiger partial charge is 0.258 e. The maximum absolute atomic E-state index is 12.6. The van der Waals surface area contributed by atoms with Crippen molar-refractivity contribution in [2.45, 2.75) is 32.9 Å². The first kappa shape index (κ1) is 21.1. The summed E-state index contributed by atoms with van der Waals surface area (Å²) < 4.78 is 7.35. The van der Waals surface area contributed by atoms with Crippen molar-refractivity contribution in [3.05, 3.63) is 82.9 Å². The summed E-state index contributed by atoms with van der Waals surface area (Å²) in [6.45, 7) is 7.80. The molecule has 0 saturated carbocycles. The number of nitrogens with zero attached hydrogens (tertiary/aromatic N) is 3. The van der Waals surface area contributed by atoms with Gasteiger partial charge in [-0.05, 0) is 36.1 Å². The summed E-state index contributed by atoms with van der Waals surface area (Å²) in [6.07, 6.45) is 4.66. The molecule has 1 atom stereocenters. The Balaban J connectivity index is 1.42. The first-order valence-corrected chi connectivity index (χ1v) is 10.9. The van der Waals surface area contributed by atoms with E-state index in [1.165, 1.54) is 6.07 Å². The largest absolute Gasteiger partial charge is 0.489 e. The standard InChI is InChI=1S/C25H30N4O2/c1-19(2)14-21-17-28(13-11-26-21)24-9-8-22(16-27-24)29-12-10-23(15-25(29)30)31-18-20-6-4-3-5-7-20/h3-10,12,15-16,19,21,26H,11,13-14,17-18H2,1-2H3. The predicted molar refractivity (Wildman–Crippen MR) is 124 cm³/mol. The summed E-state index contributed by atoms with van der Waals surface area (Å²) >= 11 is 0. The van der Waals surface area contributed by atoms with Gasteiger partial charge in [0.1, 0.15) is 18.2 Å². The van der Waals surface area contributed by atoms with Gasteiger partial charge in [-0.1, -0.05) is 44.2 Å². The fourth-order valence-electron chi connectivity index (χ4n) is 3.97. The first-order valence-electron chi connectivity index (χ1n) is 10.9. The van der Waals surface area contributed by atoms with E-state index in [0.717, 1.165) is 43.1 Å². The fraction of sp³-hybridized carbons (Fsp3) is 0.360. The summed E-state index contributed by atoms with van der Waals surface area (Å²) in [5.74, 6) is 2.18. The molecule has 1 aromatic carbocycles. The molecular weight excluding hydrogens is 388 g/mol. The molecule has 1 aliphatic rings. The third-order valence-electron chi connectivity index (χ3n) is 5.49. The van der Waals surface area contributed by atoms with Crippen molar-refractivity contribution in [1.29, 1.82) is 0 Å². The van der Waals surface area contributed by atoms with Crippen LogP contribution in [-0.2, 0) is 6.61 Å². The zero-order chi connectivity index (χ0) is 21.6. The van der Waals surface area contributed by atoms with Gasteiger partial charge in [-0.2, -0.15) is 0 Å². The molecule has 0 bridgehead atoms. The number of anilines is 1. The molecule has 0 radical (unpaired) electrons. The van der Waals surface area contributed by atoms with Crippen LogP contribution in [-0.4, -0.2) is 35.2 Å².